The van der Waals surface area contributed by atoms with Gasteiger partial charge in [-0.2, -0.15) is 0 Å². The van der Waals surface area contributed by atoms with Crippen molar-refractivity contribution in [3.05, 3.63) is 0 Å². The lowest BCUT2D eigenvalue weighted by molar-refractivity contribution is 2.50. The highest BCUT2D eigenvalue weighted by Crippen LogP contribution is 2.57. The van der Waals surface area contributed by atoms with E-state index in [1.165, 1.54) is 0 Å². The van der Waals surface area contributed by atoms with Gasteiger partial charge in [0.25, 0.3) is 0 Å². The Balaban J connectivity index is 3.47. The highest BCUT2D eigenvalue weighted by molar-refractivity contribution is 9.74. The molecule has 0 saturated heterocycles. The molecule has 0 aromatic heterocycles. The first-order valence-electron chi connectivity index (χ1n) is 0.968. The van der Waals surface area contributed by atoms with E-state index in [4.69, 9.17) is 11.8 Å². The SMILES string of the molecule is CP(=S)(Br)Br. The van der Waals surface area contributed by atoms with E-state index in [0.717, 1.165) is 0 Å². The summed E-state index contributed by atoms with van der Waals surface area (Å²) in [5, 5.41) is 0. The van der Waals surface area contributed by atoms with Gasteiger partial charge in [-0.15, -0.1) is 0 Å². The van der Waals surface area contributed by atoms with Crippen LogP contribution < -0.4 is 0 Å². The Morgan fingerprint density at radius 2 is 1.60 bits per heavy atom. The summed E-state index contributed by atoms with van der Waals surface area (Å²) in [5.41, 5.74) is 0. The summed E-state index contributed by atoms with van der Waals surface area (Å²) >= 11 is 11.2. The van der Waals surface area contributed by atoms with Gasteiger partial charge in [-0.05, 0) is 37.6 Å². The van der Waals surface area contributed by atoms with Gasteiger partial charge < -0.3 is 0 Å². The maximum atomic E-state index is 4.77. The van der Waals surface area contributed by atoms with Gasteiger partial charge >= 0.3 is 0 Å². The van der Waals surface area contributed by atoms with Crippen LogP contribution >= 0.6 is 34.4 Å². The summed E-state index contributed by atoms with van der Waals surface area (Å²) in [7, 11) is 0. The van der Waals surface area contributed by atoms with E-state index in [2.05, 4.69) is 31.0 Å². The van der Waals surface area contributed by atoms with Crippen molar-refractivity contribution >= 4 is 46.2 Å². The second-order valence-electron chi connectivity index (χ2n) is 0.723. The molecule has 4 heteroatoms. The predicted octanol–water partition coefficient (Wildman–Crippen LogP) is 2.72. The van der Waals surface area contributed by atoms with Gasteiger partial charge in [-0.1, -0.05) is 11.8 Å². The van der Waals surface area contributed by atoms with Crippen molar-refractivity contribution in [1.29, 1.82) is 0 Å². The Morgan fingerprint density at radius 3 is 1.60 bits per heavy atom. The van der Waals surface area contributed by atoms with Crippen LogP contribution in [0.2, 0.25) is 0 Å². The summed E-state index contributed by atoms with van der Waals surface area (Å²) in [6.07, 6.45) is 0. The Hall–Kier alpha value is 1.61. The average Bonchev–Trinajstić information content (AvgIpc) is 0.722. The molecule has 0 amide bonds. The van der Waals surface area contributed by atoms with Crippen molar-refractivity contribution in [2.24, 2.45) is 0 Å². The average molecular weight is 238 g/mol. The van der Waals surface area contributed by atoms with E-state index in [0.29, 0.717) is 0 Å². The topological polar surface area (TPSA) is 0 Å². The minimum atomic E-state index is -1.18. The first kappa shape index (κ1) is 6.61. The predicted molar refractivity (Wildman–Crippen MR) is 38.1 cm³/mol. The van der Waals surface area contributed by atoms with Gasteiger partial charge in [0.1, 0.15) is 0 Å². The molecule has 0 bridgehead atoms. The zero-order valence-electron chi connectivity index (χ0n) is 2.61. The summed E-state index contributed by atoms with van der Waals surface area (Å²) in [6.45, 7) is 1.95. The highest BCUT2D eigenvalue weighted by atomic mass is 79.9. The molecule has 0 nitrogen and oxygen atoms in total. The Kier molecular flexibility index (Phi) is 2.72. The number of halogens is 2. The van der Waals surface area contributed by atoms with Crippen LogP contribution in [0, 0.1) is 0 Å². The van der Waals surface area contributed by atoms with Crippen molar-refractivity contribution in [3.8, 4) is 0 Å². The van der Waals surface area contributed by atoms with Crippen molar-refractivity contribution < 1.29 is 0 Å². The van der Waals surface area contributed by atoms with Crippen molar-refractivity contribution in [1.82, 2.24) is 0 Å². The van der Waals surface area contributed by atoms with Crippen LogP contribution in [0.3, 0.4) is 0 Å². The van der Waals surface area contributed by atoms with E-state index >= 15 is 0 Å². The van der Waals surface area contributed by atoms with Gasteiger partial charge in [0, 0.05) is 0 Å². The standard InChI is InChI=1S/CH3Br2PS/c1-4(2,3)5/h1H3. The largest absolute Gasteiger partial charge is 0.0739 e. The maximum absolute atomic E-state index is 4.77. The molecule has 0 spiro atoms. The van der Waals surface area contributed by atoms with Gasteiger partial charge in [0.15, 0.2) is 0 Å². The molecule has 0 aliphatic heterocycles. The molecule has 0 radical (unpaired) electrons. The molecule has 0 unspecified atom stereocenters. The molecule has 0 saturated carbocycles. The summed E-state index contributed by atoms with van der Waals surface area (Å²) in [4.78, 5) is 0. The lowest BCUT2D eigenvalue weighted by Gasteiger charge is -1.85. The second-order valence-corrected chi connectivity index (χ2v) is 18.5. The third-order valence-corrected chi connectivity index (χ3v) is 0. The molecular formula is CH3Br2PS. The first-order valence-corrected chi connectivity index (χ1v) is 8.25. The second kappa shape index (κ2) is 2.06. The fraction of sp³-hybridized carbons (Fsp3) is 1.00. The molecule has 0 N–H and O–H groups in total. The molecule has 0 aliphatic rings. The molecule has 32 valence electrons. The molecule has 0 heterocycles. The molecule has 0 aromatic carbocycles. The number of rotatable bonds is 0. The van der Waals surface area contributed by atoms with Crippen LogP contribution in [-0.4, -0.2) is 6.66 Å². The van der Waals surface area contributed by atoms with Gasteiger partial charge in [-0.3, -0.25) is 0 Å². The molecule has 0 rings (SSSR count). The molecule has 0 fully saturated rings. The van der Waals surface area contributed by atoms with Gasteiger partial charge in [-0.25, -0.2) is 0 Å². The van der Waals surface area contributed by atoms with E-state index < -0.39 is 3.44 Å². The number of hydrogen-bond donors (Lipinski definition) is 0. The Bertz CT molecular complexity index is 55.8. The monoisotopic (exact) mass is 236 g/mol. The van der Waals surface area contributed by atoms with Crippen LogP contribution in [-0.2, 0) is 11.8 Å². The molecule has 0 aliphatic carbocycles. The minimum Gasteiger partial charge on any atom is -0.0735 e. The van der Waals surface area contributed by atoms with Crippen LogP contribution in [0.4, 0.5) is 0 Å². The molecule has 0 aromatic rings. The minimum absolute atomic E-state index is 1.18. The number of hydrogen-bond acceptors (Lipinski definition) is 1. The van der Waals surface area contributed by atoms with Crippen LogP contribution in [0.5, 0.6) is 0 Å². The maximum Gasteiger partial charge on any atom is 0.0739 e. The molecule has 5 heavy (non-hydrogen) atoms. The van der Waals surface area contributed by atoms with Crippen LogP contribution in [0.15, 0.2) is 0 Å². The first-order chi connectivity index (χ1) is 2.00. The van der Waals surface area contributed by atoms with Crippen LogP contribution in [0.1, 0.15) is 0 Å². The third-order valence-electron chi connectivity index (χ3n) is 0. The quantitative estimate of drug-likeness (QED) is 0.584. The molecular weight excluding hydrogens is 235 g/mol. The Morgan fingerprint density at radius 1 is 1.60 bits per heavy atom. The zero-order chi connectivity index (χ0) is 4.50. The Labute approximate surface area is 52.8 Å². The van der Waals surface area contributed by atoms with Crippen molar-refractivity contribution in [2.75, 3.05) is 6.66 Å². The van der Waals surface area contributed by atoms with Crippen molar-refractivity contribution in [2.45, 2.75) is 0 Å². The van der Waals surface area contributed by atoms with E-state index in [1.54, 1.807) is 0 Å². The van der Waals surface area contributed by atoms with E-state index in [-0.39, 0.29) is 0 Å². The fourth-order valence-corrected chi connectivity index (χ4v) is 0. The van der Waals surface area contributed by atoms with Crippen LogP contribution in [0.25, 0.3) is 0 Å². The van der Waals surface area contributed by atoms with Gasteiger partial charge in [0.2, 0.25) is 0 Å². The zero-order valence-corrected chi connectivity index (χ0v) is 7.49. The lowest BCUT2D eigenvalue weighted by atomic mass is 12.0. The van der Waals surface area contributed by atoms with Gasteiger partial charge in [0.05, 0.1) is 3.44 Å². The summed E-state index contributed by atoms with van der Waals surface area (Å²) < 4.78 is -1.18. The van der Waals surface area contributed by atoms with E-state index in [1.807, 2.05) is 6.66 Å². The summed E-state index contributed by atoms with van der Waals surface area (Å²) in [5.74, 6) is 0. The normalized spacial score (nSPS) is 11.8. The lowest BCUT2D eigenvalue weighted by Crippen LogP contribution is -1.33. The fourth-order valence-electron chi connectivity index (χ4n) is 0. The smallest absolute Gasteiger partial charge is 0.0735 e. The van der Waals surface area contributed by atoms with Crippen molar-refractivity contribution in [3.63, 3.8) is 0 Å². The highest BCUT2D eigenvalue weighted by Gasteiger charge is 1.89. The third kappa shape index (κ3) is 28.2. The molecule has 0 atom stereocenters. The van der Waals surface area contributed by atoms with E-state index in [9.17, 15) is 0 Å². The summed E-state index contributed by atoms with van der Waals surface area (Å²) in [6, 6.07) is 0.